The average molecular weight is 386 g/mol. The molecule has 0 fully saturated rings. The maximum absolute atomic E-state index is 12.4. The summed E-state index contributed by atoms with van der Waals surface area (Å²) in [7, 11) is 0. The van der Waals surface area contributed by atoms with E-state index in [9.17, 15) is 9.59 Å². The number of nitrogens with zero attached hydrogens (tertiary/aromatic N) is 1. The zero-order valence-electron chi connectivity index (χ0n) is 14.2. The maximum atomic E-state index is 12.4. The van der Waals surface area contributed by atoms with Gasteiger partial charge in [-0.1, -0.05) is 23.7 Å². The van der Waals surface area contributed by atoms with Gasteiger partial charge in [-0.25, -0.2) is 4.98 Å². The van der Waals surface area contributed by atoms with Gasteiger partial charge < -0.3 is 5.32 Å². The van der Waals surface area contributed by atoms with Gasteiger partial charge in [-0.05, 0) is 55.3 Å². The standard InChI is InChI=1S/C19H16ClN3O2S/c1-11-4-3-5-15(12(11)2)21-18(25)16-10-26-19(22-16)23-17(24)13-6-8-14(20)9-7-13/h3-10H,1-2H3,(H,21,25)(H,22,23,24). The fourth-order valence-electron chi connectivity index (χ4n) is 2.28. The third kappa shape index (κ3) is 4.09. The highest BCUT2D eigenvalue weighted by molar-refractivity contribution is 7.14. The predicted octanol–water partition coefficient (Wildman–Crippen LogP) is 4.92. The summed E-state index contributed by atoms with van der Waals surface area (Å²) < 4.78 is 0. The molecule has 5 nitrogen and oxygen atoms in total. The molecule has 132 valence electrons. The van der Waals surface area contributed by atoms with Crippen LogP contribution in [0.4, 0.5) is 10.8 Å². The van der Waals surface area contributed by atoms with E-state index < -0.39 is 0 Å². The van der Waals surface area contributed by atoms with Crippen LogP contribution < -0.4 is 10.6 Å². The lowest BCUT2D eigenvalue weighted by molar-refractivity contribution is 0.101. The predicted molar refractivity (Wildman–Crippen MR) is 105 cm³/mol. The van der Waals surface area contributed by atoms with Crippen LogP contribution in [0.25, 0.3) is 0 Å². The zero-order chi connectivity index (χ0) is 18.7. The van der Waals surface area contributed by atoms with Crippen LogP contribution >= 0.6 is 22.9 Å². The number of amides is 2. The topological polar surface area (TPSA) is 71.1 Å². The SMILES string of the molecule is Cc1cccc(NC(=O)c2csc(NC(=O)c3ccc(Cl)cc3)n2)c1C. The Hall–Kier alpha value is -2.70. The molecule has 0 aliphatic heterocycles. The van der Waals surface area contributed by atoms with Crippen LogP contribution in [-0.2, 0) is 0 Å². The summed E-state index contributed by atoms with van der Waals surface area (Å²) in [6.45, 7) is 3.93. The Bertz CT molecular complexity index is 967. The molecule has 2 aromatic carbocycles. The number of hydrogen-bond acceptors (Lipinski definition) is 4. The first kappa shape index (κ1) is 18.1. The van der Waals surface area contributed by atoms with E-state index in [1.54, 1.807) is 29.6 Å². The molecule has 7 heteroatoms. The number of benzene rings is 2. The largest absolute Gasteiger partial charge is 0.320 e. The summed E-state index contributed by atoms with van der Waals surface area (Å²) in [5.41, 5.74) is 3.56. The Morgan fingerprint density at radius 2 is 1.73 bits per heavy atom. The van der Waals surface area contributed by atoms with Crippen molar-refractivity contribution in [1.29, 1.82) is 0 Å². The monoisotopic (exact) mass is 385 g/mol. The quantitative estimate of drug-likeness (QED) is 0.669. The first-order valence-electron chi connectivity index (χ1n) is 7.84. The van der Waals surface area contributed by atoms with E-state index in [-0.39, 0.29) is 17.5 Å². The summed E-state index contributed by atoms with van der Waals surface area (Å²) in [6, 6.07) is 12.2. The Morgan fingerprint density at radius 1 is 1.00 bits per heavy atom. The van der Waals surface area contributed by atoms with E-state index in [0.717, 1.165) is 16.8 Å². The van der Waals surface area contributed by atoms with Gasteiger partial charge in [0, 0.05) is 21.7 Å². The first-order chi connectivity index (χ1) is 12.4. The molecule has 1 heterocycles. The Balaban J connectivity index is 1.69. The molecular formula is C19H16ClN3O2S. The normalized spacial score (nSPS) is 10.4. The van der Waals surface area contributed by atoms with Gasteiger partial charge in [0.2, 0.25) is 0 Å². The average Bonchev–Trinajstić information content (AvgIpc) is 3.08. The molecule has 0 aliphatic rings. The molecule has 3 aromatic rings. The molecular weight excluding hydrogens is 370 g/mol. The second-order valence-electron chi connectivity index (χ2n) is 5.70. The highest BCUT2D eigenvalue weighted by atomic mass is 35.5. The summed E-state index contributed by atoms with van der Waals surface area (Å²) in [5, 5.41) is 8.06. The van der Waals surface area contributed by atoms with Gasteiger partial charge in [-0.15, -0.1) is 11.3 Å². The highest BCUT2D eigenvalue weighted by Crippen LogP contribution is 2.21. The fourth-order valence-corrected chi connectivity index (χ4v) is 3.09. The highest BCUT2D eigenvalue weighted by Gasteiger charge is 2.14. The molecule has 2 N–H and O–H groups in total. The van der Waals surface area contributed by atoms with E-state index in [1.165, 1.54) is 11.3 Å². The molecule has 3 rings (SSSR count). The number of aromatic nitrogens is 1. The van der Waals surface area contributed by atoms with Crippen LogP contribution in [0.1, 0.15) is 32.0 Å². The molecule has 0 saturated carbocycles. The smallest absolute Gasteiger partial charge is 0.275 e. The number of anilines is 2. The van der Waals surface area contributed by atoms with Crippen LogP contribution in [0.2, 0.25) is 5.02 Å². The van der Waals surface area contributed by atoms with Crippen molar-refractivity contribution in [3.63, 3.8) is 0 Å². The van der Waals surface area contributed by atoms with E-state index in [0.29, 0.717) is 15.7 Å². The minimum absolute atomic E-state index is 0.252. The van der Waals surface area contributed by atoms with Crippen LogP contribution in [0.5, 0.6) is 0 Å². The second-order valence-corrected chi connectivity index (χ2v) is 7.00. The summed E-state index contributed by atoms with van der Waals surface area (Å²) >= 11 is 7.01. The molecule has 0 aliphatic carbocycles. The van der Waals surface area contributed by atoms with Crippen LogP contribution in [-0.4, -0.2) is 16.8 Å². The molecule has 0 saturated heterocycles. The number of carbonyl (C=O) groups excluding carboxylic acids is 2. The number of rotatable bonds is 4. The van der Waals surface area contributed by atoms with E-state index in [4.69, 9.17) is 11.6 Å². The van der Waals surface area contributed by atoms with Crippen molar-refractivity contribution in [2.24, 2.45) is 0 Å². The molecule has 1 aromatic heterocycles. The minimum Gasteiger partial charge on any atom is -0.320 e. The van der Waals surface area contributed by atoms with Gasteiger partial charge >= 0.3 is 0 Å². The maximum Gasteiger partial charge on any atom is 0.275 e. The van der Waals surface area contributed by atoms with Gasteiger partial charge in [-0.3, -0.25) is 14.9 Å². The lowest BCUT2D eigenvalue weighted by Crippen LogP contribution is -2.15. The van der Waals surface area contributed by atoms with Gasteiger partial charge in [0.05, 0.1) is 0 Å². The molecule has 0 radical (unpaired) electrons. The summed E-state index contributed by atoms with van der Waals surface area (Å²) in [5.74, 6) is -0.626. The lowest BCUT2D eigenvalue weighted by atomic mass is 10.1. The lowest BCUT2D eigenvalue weighted by Gasteiger charge is -2.09. The van der Waals surface area contributed by atoms with Crippen LogP contribution in [0.3, 0.4) is 0 Å². The van der Waals surface area contributed by atoms with Crippen molar-refractivity contribution in [3.05, 3.63) is 75.3 Å². The summed E-state index contributed by atoms with van der Waals surface area (Å²) in [4.78, 5) is 28.8. The van der Waals surface area contributed by atoms with Crippen LogP contribution in [0.15, 0.2) is 47.8 Å². The Labute approximate surface area is 160 Å². The van der Waals surface area contributed by atoms with Crippen LogP contribution in [0, 0.1) is 13.8 Å². The molecule has 26 heavy (non-hydrogen) atoms. The molecule has 0 spiro atoms. The van der Waals surface area contributed by atoms with Crippen molar-refractivity contribution >= 4 is 45.6 Å². The van der Waals surface area contributed by atoms with Crippen molar-refractivity contribution in [3.8, 4) is 0 Å². The van der Waals surface area contributed by atoms with Crippen molar-refractivity contribution in [2.45, 2.75) is 13.8 Å². The number of aryl methyl sites for hydroxylation is 1. The molecule has 0 bridgehead atoms. The summed E-state index contributed by atoms with van der Waals surface area (Å²) in [6.07, 6.45) is 0. The van der Waals surface area contributed by atoms with Gasteiger partial charge in [0.25, 0.3) is 11.8 Å². The van der Waals surface area contributed by atoms with Crippen molar-refractivity contribution in [1.82, 2.24) is 4.98 Å². The number of halogens is 1. The van der Waals surface area contributed by atoms with Gasteiger partial charge in [-0.2, -0.15) is 0 Å². The van der Waals surface area contributed by atoms with Gasteiger partial charge in [0.1, 0.15) is 5.69 Å². The zero-order valence-corrected chi connectivity index (χ0v) is 15.7. The minimum atomic E-state index is -0.318. The third-order valence-corrected chi connectivity index (χ3v) is 4.93. The van der Waals surface area contributed by atoms with Crippen molar-refractivity contribution < 1.29 is 9.59 Å². The number of thiazole rings is 1. The van der Waals surface area contributed by atoms with Crippen molar-refractivity contribution in [2.75, 3.05) is 10.6 Å². The number of carbonyl (C=O) groups is 2. The number of hydrogen-bond donors (Lipinski definition) is 2. The first-order valence-corrected chi connectivity index (χ1v) is 9.10. The van der Waals surface area contributed by atoms with E-state index in [1.807, 2.05) is 32.0 Å². The molecule has 0 atom stereocenters. The molecule has 0 unspecified atom stereocenters. The number of nitrogens with one attached hydrogen (secondary N) is 2. The molecule has 2 amide bonds. The second kappa shape index (κ2) is 7.68. The Kier molecular flexibility index (Phi) is 5.35. The fraction of sp³-hybridized carbons (Fsp3) is 0.105. The Morgan fingerprint density at radius 3 is 2.46 bits per heavy atom. The van der Waals surface area contributed by atoms with E-state index >= 15 is 0 Å². The third-order valence-electron chi connectivity index (χ3n) is 3.92. The van der Waals surface area contributed by atoms with E-state index in [2.05, 4.69) is 15.6 Å². The van der Waals surface area contributed by atoms with Gasteiger partial charge in [0.15, 0.2) is 5.13 Å².